The molecule has 7 heteroatoms. The Labute approximate surface area is 169 Å². The molecular weight excluding hydrogens is 362 g/mol. The quantitative estimate of drug-likeness (QED) is 0.567. The minimum absolute atomic E-state index is 0.598. The van der Waals surface area contributed by atoms with Gasteiger partial charge in [-0.15, -0.1) is 0 Å². The van der Waals surface area contributed by atoms with E-state index < -0.39 is 0 Å². The Bertz CT molecular complexity index is 1180. The number of hydrogen-bond acceptors (Lipinski definition) is 5. The first-order valence-electron chi connectivity index (χ1n) is 10.2. The van der Waals surface area contributed by atoms with E-state index >= 15 is 0 Å². The van der Waals surface area contributed by atoms with Crippen molar-refractivity contribution in [2.24, 2.45) is 0 Å². The van der Waals surface area contributed by atoms with Crippen LogP contribution in [-0.4, -0.2) is 48.7 Å². The van der Waals surface area contributed by atoms with Crippen LogP contribution in [0.4, 0.5) is 5.69 Å². The Morgan fingerprint density at radius 3 is 2.79 bits per heavy atom. The number of imidazole rings is 1. The molecule has 5 heterocycles. The van der Waals surface area contributed by atoms with Crippen molar-refractivity contribution in [3.8, 4) is 11.3 Å². The smallest absolute Gasteiger partial charge is 0.177 e. The van der Waals surface area contributed by atoms with E-state index in [2.05, 4.69) is 38.3 Å². The van der Waals surface area contributed by atoms with Gasteiger partial charge < -0.3 is 15.2 Å². The van der Waals surface area contributed by atoms with E-state index in [1.54, 1.807) is 16.8 Å². The maximum absolute atomic E-state index is 6.28. The fourth-order valence-electron chi connectivity index (χ4n) is 4.21. The summed E-state index contributed by atoms with van der Waals surface area (Å²) in [6.07, 6.45) is 11.4. The number of anilines is 1. The molecule has 4 aromatic rings. The van der Waals surface area contributed by atoms with Gasteiger partial charge in [-0.1, -0.05) is 13.0 Å². The van der Waals surface area contributed by atoms with Crippen LogP contribution < -0.4 is 5.73 Å². The van der Waals surface area contributed by atoms with Gasteiger partial charge in [0.05, 0.1) is 23.3 Å². The molecule has 0 saturated carbocycles. The monoisotopic (exact) mass is 387 g/mol. The second kappa shape index (κ2) is 7.33. The summed E-state index contributed by atoms with van der Waals surface area (Å²) in [5.41, 5.74) is 11.2. The number of fused-ring (bicyclic) bond motifs is 2. The molecule has 0 bridgehead atoms. The molecule has 0 radical (unpaired) electrons. The van der Waals surface area contributed by atoms with Crippen LogP contribution in [0.1, 0.15) is 25.0 Å². The maximum atomic E-state index is 6.28. The summed E-state index contributed by atoms with van der Waals surface area (Å²) in [5, 5.41) is 5.88. The average Bonchev–Trinajstić information content (AvgIpc) is 3.34. The number of piperidine rings is 1. The maximum Gasteiger partial charge on any atom is 0.177 e. The third kappa shape index (κ3) is 3.17. The van der Waals surface area contributed by atoms with Gasteiger partial charge in [0.25, 0.3) is 0 Å². The molecule has 1 saturated heterocycles. The van der Waals surface area contributed by atoms with Crippen molar-refractivity contribution >= 4 is 28.4 Å². The minimum Gasteiger partial charge on any atom is -0.396 e. The van der Waals surface area contributed by atoms with Gasteiger partial charge in [-0.05, 0) is 50.2 Å². The third-order valence-corrected chi connectivity index (χ3v) is 5.75. The van der Waals surface area contributed by atoms with Gasteiger partial charge in [0.1, 0.15) is 5.65 Å². The Morgan fingerprint density at radius 2 is 1.97 bits per heavy atom. The second-order valence-electron chi connectivity index (χ2n) is 7.62. The van der Waals surface area contributed by atoms with Crippen LogP contribution >= 0.6 is 0 Å². The fraction of sp³-hybridized carbons (Fsp3) is 0.318. The van der Waals surface area contributed by atoms with Crippen molar-refractivity contribution in [3.05, 3.63) is 49.1 Å². The number of likely N-dealkylation sites (tertiary alicyclic amines) is 1. The molecule has 29 heavy (non-hydrogen) atoms. The molecule has 0 spiro atoms. The number of rotatable bonds is 5. The highest BCUT2D eigenvalue weighted by Gasteiger charge is 2.16. The first kappa shape index (κ1) is 17.9. The van der Waals surface area contributed by atoms with E-state index in [-0.39, 0.29) is 0 Å². The third-order valence-electron chi connectivity index (χ3n) is 5.75. The predicted molar refractivity (Wildman–Crippen MR) is 117 cm³/mol. The first-order valence-corrected chi connectivity index (χ1v) is 10.2. The fourth-order valence-corrected chi connectivity index (χ4v) is 4.21. The Kier molecular flexibility index (Phi) is 4.52. The van der Waals surface area contributed by atoms with Crippen molar-refractivity contribution < 1.29 is 0 Å². The van der Waals surface area contributed by atoms with E-state index in [1.165, 1.54) is 32.4 Å². The van der Waals surface area contributed by atoms with Crippen molar-refractivity contribution in [2.75, 3.05) is 25.4 Å². The molecule has 0 amide bonds. The van der Waals surface area contributed by atoms with Crippen LogP contribution in [0.3, 0.4) is 0 Å². The second-order valence-corrected chi connectivity index (χ2v) is 7.62. The Morgan fingerprint density at radius 1 is 1.10 bits per heavy atom. The molecule has 0 atom stereocenters. The SMILES string of the molecule is C=Cc1cnc2c(N)cc(-c3cn(CCN4CCCCC4)c4ncccc34)nn12. The Hall–Kier alpha value is -3.19. The minimum atomic E-state index is 0.598. The van der Waals surface area contributed by atoms with Gasteiger partial charge in [0.2, 0.25) is 0 Å². The molecular formula is C22H25N7. The summed E-state index contributed by atoms with van der Waals surface area (Å²) in [5.74, 6) is 0. The van der Waals surface area contributed by atoms with Crippen molar-refractivity contribution in [3.63, 3.8) is 0 Å². The molecule has 4 aromatic heterocycles. The van der Waals surface area contributed by atoms with Crippen molar-refractivity contribution in [1.82, 2.24) is 29.0 Å². The number of aromatic nitrogens is 5. The molecule has 0 unspecified atom stereocenters. The number of hydrogen-bond donors (Lipinski definition) is 1. The summed E-state index contributed by atoms with van der Waals surface area (Å²) in [7, 11) is 0. The van der Waals surface area contributed by atoms with Gasteiger partial charge in [-0.2, -0.15) is 5.10 Å². The largest absolute Gasteiger partial charge is 0.396 e. The molecule has 0 aromatic carbocycles. The normalized spacial score (nSPS) is 15.3. The molecule has 148 valence electrons. The zero-order valence-electron chi connectivity index (χ0n) is 16.5. The molecule has 1 aliphatic rings. The van der Waals surface area contributed by atoms with Gasteiger partial charge in [0, 0.05) is 36.4 Å². The summed E-state index contributed by atoms with van der Waals surface area (Å²) >= 11 is 0. The molecule has 5 rings (SSSR count). The summed E-state index contributed by atoms with van der Waals surface area (Å²) in [4.78, 5) is 11.5. The van der Waals surface area contributed by atoms with Crippen molar-refractivity contribution in [1.29, 1.82) is 0 Å². The number of pyridine rings is 1. The summed E-state index contributed by atoms with van der Waals surface area (Å²) in [6.45, 7) is 8.18. The first-order chi connectivity index (χ1) is 14.2. The van der Waals surface area contributed by atoms with Crippen LogP contribution in [0, 0.1) is 0 Å². The van der Waals surface area contributed by atoms with E-state index in [1.807, 2.05) is 18.3 Å². The van der Waals surface area contributed by atoms with Crippen LogP contribution in [0.25, 0.3) is 34.0 Å². The Balaban J connectivity index is 1.56. The van der Waals surface area contributed by atoms with Gasteiger partial charge in [-0.25, -0.2) is 14.5 Å². The van der Waals surface area contributed by atoms with E-state index in [4.69, 9.17) is 10.8 Å². The van der Waals surface area contributed by atoms with Crippen LogP contribution in [0.5, 0.6) is 0 Å². The number of nitrogens with two attached hydrogens (primary N) is 1. The van der Waals surface area contributed by atoms with Crippen LogP contribution in [0.2, 0.25) is 0 Å². The zero-order valence-corrected chi connectivity index (χ0v) is 16.5. The highest BCUT2D eigenvalue weighted by atomic mass is 15.3. The summed E-state index contributed by atoms with van der Waals surface area (Å²) in [6, 6.07) is 5.96. The van der Waals surface area contributed by atoms with Gasteiger partial charge in [-0.3, -0.25) is 0 Å². The van der Waals surface area contributed by atoms with Crippen molar-refractivity contribution in [2.45, 2.75) is 25.8 Å². The standard InChI is InChI=1S/C22H25N7/c1-2-16-14-25-22-19(23)13-20(26-29(16)22)18-15-28(21-17(18)7-6-8-24-21)12-11-27-9-4-3-5-10-27/h2,6-8,13-15H,1,3-5,9-12,23H2. The molecule has 0 aliphatic carbocycles. The molecule has 1 aliphatic heterocycles. The number of nitrogen functional groups attached to an aromatic ring is 1. The molecule has 2 N–H and O–H groups in total. The molecule has 1 fully saturated rings. The topological polar surface area (TPSA) is 77.3 Å². The van der Waals surface area contributed by atoms with Gasteiger partial charge in [0.15, 0.2) is 5.65 Å². The van der Waals surface area contributed by atoms with E-state index in [0.717, 1.165) is 41.1 Å². The lowest BCUT2D eigenvalue weighted by Gasteiger charge is -2.26. The highest BCUT2D eigenvalue weighted by molar-refractivity contribution is 5.93. The lowest BCUT2D eigenvalue weighted by atomic mass is 10.1. The zero-order chi connectivity index (χ0) is 19.8. The predicted octanol–water partition coefficient (Wildman–Crippen LogP) is 3.46. The lowest BCUT2D eigenvalue weighted by molar-refractivity contribution is 0.221. The van der Waals surface area contributed by atoms with Gasteiger partial charge >= 0.3 is 0 Å². The van der Waals surface area contributed by atoms with E-state index in [9.17, 15) is 0 Å². The average molecular weight is 387 g/mol. The molecule has 7 nitrogen and oxygen atoms in total. The van der Waals surface area contributed by atoms with E-state index in [0.29, 0.717) is 11.3 Å². The highest BCUT2D eigenvalue weighted by Crippen LogP contribution is 2.30. The van der Waals surface area contributed by atoms with Crippen LogP contribution in [-0.2, 0) is 6.54 Å². The number of nitrogens with zero attached hydrogens (tertiary/aromatic N) is 6. The lowest BCUT2D eigenvalue weighted by Crippen LogP contribution is -2.32. The summed E-state index contributed by atoms with van der Waals surface area (Å²) < 4.78 is 3.99. The van der Waals surface area contributed by atoms with Crippen LogP contribution in [0.15, 0.2) is 43.4 Å².